The highest BCUT2D eigenvalue weighted by Gasteiger charge is 2.41. The van der Waals surface area contributed by atoms with E-state index in [1.54, 1.807) is 23.1 Å². The number of hydrogen-bond acceptors (Lipinski definition) is 5. The van der Waals surface area contributed by atoms with Crippen molar-refractivity contribution in [3.8, 4) is 0 Å². The van der Waals surface area contributed by atoms with Gasteiger partial charge < -0.3 is 18.8 Å². The van der Waals surface area contributed by atoms with Gasteiger partial charge in [0, 0.05) is 41.8 Å². The number of halogens is 1. The molecule has 8 heteroatoms. The molecule has 1 atom stereocenters. The van der Waals surface area contributed by atoms with Gasteiger partial charge in [0.25, 0.3) is 5.91 Å². The standard InChI is InChI=1S/C20H22ClNO5S/c21-17-4-2-1-3-15(17)13-28(24)14-16-5-6-18(27-16)19(23)22-9-7-20(8-10-22)25-11-12-26-20/h1-6H,7-14H2/t28-/m1/s1. The fourth-order valence-electron chi connectivity index (χ4n) is 3.56. The van der Waals surface area contributed by atoms with Crippen LogP contribution in [-0.2, 0) is 31.8 Å². The molecule has 3 heterocycles. The number of carbonyl (C=O) groups excluding carboxylic acids is 1. The van der Waals surface area contributed by atoms with Crippen LogP contribution in [0.1, 0.15) is 34.7 Å². The molecule has 0 unspecified atom stereocenters. The number of carbonyl (C=O) groups is 1. The first-order valence-corrected chi connectivity index (χ1v) is 11.2. The van der Waals surface area contributed by atoms with E-state index in [-0.39, 0.29) is 17.4 Å². The lowest BCUT2D eigenvalue weighted by Crippen LogP contribution is -2.47. The molecule has 2 saturated heterocycles. The predicted molar refractivity (Wildman–Crippen MR) is 105 cm³/mol. The van der Waals surface area contributed by atoms with Gasteiger partial charge in [-0.1, -0.05) is 29.8 Å². The lowest BCUT2D eigenvalue weighted by Gasteiger charge is -2.37. The highest BCUT2D eigenvalue weighted by molar-refractivity contribution is 7.83. The number of benzene rings is 1. The summed E-state index contributed by atoms with van der Waals surface area (Å²) < 4.78 is 29.5. The summed E-state index contributed by atoms with van der Waals surface area (Å²) in [7, 11) is -1.18. The predicted octanol–water partition coefficient (Wildman–Crippen LogP) is 3.36. The van der Waals surface area contributed by atoms with E-state index in [0.29, 0.717) is 55.7 Å². The normalized spacial score (nSPS) is 19.8. The molecule has 2 fully saturated rings. The lowest BCUT2D eigenvalue weighted by atomic mass is 10.0. The number of amides is 1. The van der Waals surface area contributed by atoms with Crippen molar-refractivity contribution in [2.75, 3.05) is 26.3 Å². The Morgan fingerprint density at radius 2 is 1.79 bits per heavy atom. The Morgan fingerprint density at radius 1 is 1.07 bits per heavy atom. The molecule has 2 aliphatic rings. The molecular weight excluding hydrogens is 402 g/mol. The highest BCUT2D eigenvalue weighted by atomic mass is 35.5. The van der Waals surface area contributed by atoms with Crippen molar-refractivity contribution >= 4 is 28.3 Å². The fourth-order valence-corrected chi connectivity index (χ4v) is 5.02. The Kier molecular flexibility index (Phi) is 5.87. The number of furan rings is 1. The van der Waals surface area contributed by atoms with Crippen LogP contribution >= 0.6 is 11.6 Å². The molecule has 6 nitrogen and oxygen atoms in total. The summed E-state index contributed by atoms with van der Waals surface area (Å²) in [6, 6.07) is 10.7. The molecule has 1 amide bonds. The molecule has 0 bridgehead atoms. The van der Waals surface area contributed by atoms with Gasteiger partial charge in [0.2, 0.25) is 0 Å². The zero-order chi connectivity index (χ0) is 19.6. The third-order valence-corrected chi connectivity index (χ3v) is 6.68. The van der Waals surface area contributed by atoms with E-state index in [2.05, 4.69) is 0 Å². The van der Waals surface area contributed by atoms with Crippen molar-refractivity contribution in [2.45, 2.75) is 30.1 Å². The summed E-state index contributed by atoms with van der Waals surface area (Å²) in [5, 5.41) is 0.601. The van der Waals surface area contributed by atoms with E-state index in [4.69, 9.17) is 25.5 Å². The van der Waals surface area contributed by atoms with Gasteiger partial charge in [-0.05, 0) is 23.8 Å². The Balaban J connectivity index is 1.33. The second-order valence-electron chi connectivity index (χ2n) is 6.99. The van der Waals surface area contributed by atoms with Crippen LogP contribution in [0.5, 0.6) is 0 Å². The van der Waals surface area contributed by atoms with Gasteiger partial charge in [0.05, 0.1) is 24.7 Å². The van der Waals surface area contributed by atoms with Crippen molar-refractivity contribution in [3.05, 3.63) is 58.5 Å². The smallest absolute Gasteiger partial charge is 0.289 e. The first-order valence-electron chi connectivity index (χ1n) is 9.29. The zero-order valence-corrected chi connectivity index (χ0v) is 17.0. The molecular formula is C20H22ClNO5S. The summed E-state index contributed by atoms with van der Waals surface area (Å²) in [6.07, 6.45) is 1.32. The van der Waals surface area contributed by atoms with Crippen LogP contribution in [-0.4, -0.2) is 47.1 Å². The summed E-state index contributed by atoms with van der Waals surface area (Å²) in [6.45, 7) is 2.35. The second-order valence-corrected chi connectivity index (χ2v) is 8.85. The topological polar surface area (TPSA) is 69.0 Å². The first-order chi connectivity index (χ1) is 13.5. The number of piperidine rings is 1. The van der Waals surface area contributed by atoms with Gasteiger partial charge in [-0.3, -0.25) is 9.00 Å². The molecule has 0 radical (unpaired) electrons. The Bertz CT molecular complexity index is 867. The molecule has 1 spiro atoms. The van der Waals surface area contributed by atoms with Crippen molar-refractivity contribution < 1.29 is 22.9 Å². The third-order valence-electron chi connectivity index (χ3n) is 5.08. The quantitative estimate of drug-likeness (QED) is 0.737. The van der Waals surface area contributed by atoms with Gasteiger partial charge in [0.15, 0.2) is 11.5 Å². The third kappa shape index (κ3) is 4.33. The minimum atomic E-state index is -1.18. The number of ether oxygens (including phenoxy) is 2. The molecule has 150 valence electrons. The summed E-state index contributed by atoms with van der Waals surface area (Å²) >= 11 is 6.12. The van der Waals surface area contributed by atoms with Crippen LogP contribution < -0.4 is 0 Å². The van der Waals surface area contributed by atoms with Crippen LogP contribution in [0.4, 0.5) is 0 Å². The maximum Gasteiger partial charge on any atom is 0.289 e. The SMILES string of the molecule is O=C(c1ccc(C[S@](=O)Cc2ccccc2Cl)o1)N1CCC2(CC1)OCCO2. The number of rotatable bonds is 5. The Labute approximate surface area is 171 Å². The average molecular weight is 424 g/mol. The Hall–Kier alpha value is -1.67. The van der Waals surface area contributed by atoms with E-state index in [1.165, 1.54) is 0 Å². The Morgan fingerprint density at radius 3 is 2.50 bits per heavy atom. The molecule has 0 N–H and O–H groups in total. The molecule has 1 aromatic carbocycles. The number of hydrogen-bond donors (Lipinski definition) is 0. The molecule has 1 aromatic heterocycles. The van der Waals surface area contributed by atoms with Gasteiger partial charge in [-0.15, -0.1) is 0 Å². The monoisotopic (exact) mass is 423 g/mol. The van der Waals surface area contributed by atoms with Crippen LogP contribution in [0.3, 0.4) is 0 Å². The van der Waals surface area contributed by atoms with Crippen LogP contribution in [0.2, 0.25) is 5.02 Å². The summed E-state index contributed by atoms with van der Waals surface area (Å²) in [5.41, 5.74) is 0.837. The molecule has 0 saturated carbocycles. The maximum absolute atomic E-state index is 12.7. The van der Waals surface area contributed by atoms with Gasteiger partial charge >= 0.3 is 0 Å². The minimum absolute atomic E-state index is 0.156. The van der Waals surface area contributed by atoms with Crippen molar-refractivity contribution in [1.29, 1.82) is 0 Å². The number of nitrogens with zero attached hydrogens (tertiary/aromatic N) is 1. The second kappa shape index (κ2) is 8.37. The van der Waals surface area contributed by atoms with Crippen LogP contribution in [0, 0.1) is 0 Å². The first kappa shape index (κ1) is 19.6. The van der Waals surface area contributed by atoms with Gasteiger partial charge in [-0.2, -0.15) is 0 Å². The van der Waals surface area contributed by atoms with Crippen molar-refractivity contribution in [2.24, 2.45) is 0 Å². The van der Waals surface area contributed by atoms with E-state index in [9.17, 15) is 9.00 Å². The van der Waals surface area contributed by atoms with Crippen molar-refractivity contribution in [3.63, 3.8) is 0 Å². The van der Waals surface area contributed by atoms with E-state index in [1.807, 2.05) is 18.2 Å². The van der Waals surface area contributed by atoms with Crippen LogP contribution in [0.15, 0.2) is 40.8 Å². The van der Waals surface area contributed by atoms with E-state index in [0.717, 1.165) is 5.56 Å². The van der Waals surface area contributed by atoms with E-state index >= 15 is 0 Å². The molecule has 2 aromatic rings. The summed E-state index contributed by atoms with van der Waals surface area (Å²) in [5.74, 6) is 0.719. The largest absolute Gasteiger partial charge is 0.455 e. The zero-order valence-electron chi connectivity index (χ0n) is 15.4. The van der Waals surface area contributed by atoms with E-state index < -0.39 is 16.6 Å². The van der Waals surface area contributed by atoms with Gasteiger partial charge in [-0.25, -0.2) is 0 Å². The molecule has 2 aliphatic heterocycles. The van der Waals surface area contributed by atoms with Crippen LogP contribution in [0.25, 0.3) is 0 Å². The molecule has 0 aliphatic carbocycles. The van der Waals surface area contributed by atoms with Crippen molar-refractivity contribution in [1.82, 2.24) is 4.90 Å². The molecule has 4 rings (SSSR count). The molecule has 28 heavy (non-hydrogen) atoms. The summed E-state index contributed by atoms with van der Waals surface area (Å²) in [4.78, 5) is 14.4. The highest BCUT2D eigenvalue weighted by Crippen LogP contribution is 2.32. The minimum Gasteiger partial charge on any atom is -0.455 e. The number of likely N-dealkylation sites (tertiary alicyclic amines) is 1. The lowest BCUT2D eigenvalue weighted by molar-refractivity contribution is -0.181. The fraction of sp³-hybridized carbons (Fsp3) is 0.450. The average Bonchev–Trinajstić information content (AvgIpc) is 3.34. The maximum atomic E-state index is 12.7. The van der Waals surface area contributed by atoms with Gasteiger partial charge in [0.1, 0.15) is 5.76 Å².